The highest BCUT2D eigenvalue weighted by molar-refractivity contribution is 14.0. The summed E-state index contributed by atoms with van der Waals surface area (Å²) in [5.41, 5.74) is 2.31. The number of aliphatic imine (C=N–C) groups is 1. The van der Waals surface area contributed by atoms with Gasteiger partial charge < -0.3 is 10.2 Å². The van der Waals surface area contributed by atoms with Crippen LogP contribution in [0.15, 0.2) is 41.7 Å². The fraction of sp³-hybridized carbons (Fsp3) is 0.333. The van der Waals surface area contributed by atoms with Gasteiger partial charge in [0.05, 0.1) is 6.20 Å². The average molecular weight is 434 g/mol. The van der Waals surface area contributed by atoms with E-state index in [1.54, 1.807) is 11.7 Å². The maximum atomic E-state index is 5.90. The lowest BCUT2D eigenvalue weighted by Gasteiger charge is -2.22. The Morgan fingerprint density at radius 3 is 2.55 bits per heavy atom. The third-order valence-electron chi connectivity index (χ3n) is 3.12. The van der Waals surface area contributed by atoms with Gasteiger partial charge in [0.2, 0.25) is 0 Å². The number of nitrogens with one attached hydrogen (secondary N) is 1. The van der Waals surface area contributed by atoms with E-state index < -0.39 is 0 Å². The normalized spacial score (nSPS) is 11.0. The molecule has 0 spiro atoms. The van der Waals surface area contributed by atoms with Crippen LogP contribution in [0, 0.1) is 0 Å². The van der Waals surface area contributed by atoms with E-state index in [0.29, 0.717) is 6.54 Å². The molecule has 1 aromatic heterocycles. The minimum Gasteiger partial charge on any atom is -0.352 e. The number of aryl methyl sites for hydroxylation is 1. The molecule has 0 amide bonds. The van der Waals surface area contributed by atoms with E-state index in [9.17, 15) is 0 Å². The number of nitrogens with zero attached hydrogens (tertiary/aromatic N) is 4. The quantitative estimate of drug-likeness (QED) is 0.458. The van der Waals surface area contributed by atoms with Crippen molar-refractivity contribution < 1.29 is 0 Å². The molecule has 0 atom stereocenters. The molecule has 120 valence electrons. The second kappa shape index (κ2) is 8.99. The van der Waals surface area contributed by atoms with Crippen LogP contribution in [-0.4, -0.2) is 34.7 Å². The van der Waals surface area contributed by atoms with E-state index in [-0.39, 0.29) is 24.0 Å². The van der Waals surface area contributed by atoms with Crippen molar-refractivity contribution in [3.8, 4) is 0 Å². The van der Waals surface area contributed by atoms with Crippen LogP contribution in [0.1, 0.15) is 11.1 Å². The van der Waals surface area contributed by atoms with Crippen LogP contribution in [0.2, 0.25) is 5.02 Å². The first-order chi connectivity index (χ1) is 10.1. The van der Waals surface area contributed by atoms with Gasteiger partial charge in [-0.25, -0.2) is 0 Å². The number of benzene rings is 1. The molecule has 0 saturated heterocycles. The van der Waals surface area contributed by atoms with Crippen molar-refractivity contribution >= 4 is 41.5 Å². The fourth-order valence-electron chi connectivity index (χ4n) is 2.07. The first-order valence-electron chi connectivity index (χ1n) is 6.72. The molecule has 0 saturated carbocycles. The standard InChI is InChI=1S/C15H20ClN5.HI/c1-17-15(18-8-13-9-19-21(3)11-13)20(2)10-12-4-6-14(16)7-5-12;/h4-7,9,11H,8,10H2,1-3H3,(H,17,18);1H. The molecule has 0 radical (unpaired) electrons. The second-order valence-electron chi connectivity index (χ2n) is 4.91. The first-order valence-corrected chi connectivity index (χ1v) is 7.10. The topological polar surface area (TPSA) is 45.5 Å². The van der Waals surface area contributed by atoms with E-state index >= 15 is 0 Å². The summed E-state index contributed by atoms with van der Waals surface area (Å²) in [6, 6.07) is 7.84. The summed E-state index contributed by atoms with van der Waals surface area (Å²) in [7, 11) is 5.70. The summed E-state index contributed by atoms with van der Waals surface area (Å²) in [5, 5.41) is 8.23. The van der Waals surface area contributed by atoms with Crippen LogP contribution in [0.5, 0.6) is 0 Å². The molecular formula is C15H21ClIN5. The smallest absolute Gasteiger partial charge is 0.193 e. The average Bonchev–Trinajstić information content (AvgIpc) is 2.88. The number of rotatable bonds is 4. The third-order valence-corrected chi connectivity index (χ3v) is 3.37. The van der Waals surface area contributed by atoms with E-state index in [0.717, 1.165) is 23.1 Å². The molecule has 0 aliphatic rings. The monoisotopic (exact) mass is 433 g/mol. The number of hydrogen-bond donors (Lipinski definition) is 1. The van der Waals surface area contributed by atoms with Crippen LogP contribution in [0.4, 0.5) is 0 Å². The van der Waals surface area contributed by atoms with Crippen molar-refractivity contribution in [1.29, 1.82) is 0 Å². The lowest BCUT2D eigenvalue weighted by Crippen LogP contribution is -2.37. The van der Waals surface area contributed by atoms with Gasteiger partial charge in [0.15, 0.2) is 5.96 Å². The van der Waals surface area contributed by atoms with Gasteiger partial charge in [-0.15, -0.1) is 24.0 Å². The Bertz CT molecular complexity index is 609. The van der Waals surface area contributed by atoms with Crippen molar-refractivity contribution in [2.45, 2.75) is 13.1 Å². The Labute approximate surface area is 153 Å². The van der Waals surface area contributed by atoms with Crippen molar-refractivity contribution in [3.63, 3.8) is 0 Å². The van der Waals surface area contributed by atoms with E-state index in [1.165, 1.54) is 5.56 Å². The molecule has 0 aliphatic carbocycles. The molecule has 7 heteroatoms. The molecule has 1 aromatic carbocycles. The predicted octanol–water partition coefficient (Wildman–Crippen LogP) is 2.90. The zero-order valence-corrected chi connectivity index (χ0v) is 16.0. The molecule has 22 heavy (non-hydrogen) atoms. The van der Waals surface area contributed by atoms with Gasteiger partial charge >= 0.3 is 0 Å². The zero-order valence-electron chi connectivity index (χ0n) is 13.0. The molecule has 1 N–H and O–H groups in total. The Hall–Kier alpha value is -1.28. The predicted molar refractivity (Wildman–Crippen MR) is 102 cm³/mol. The van der Waals surface area contributed by atoms with Crippen LogP contribution in [0.25, 0.3) is 0 Å². The molecule has 5 nitrogen and oxygen atoms in total. The first kappa shape index (κ1) is 18.8. The van der Waals surface area contributed by atoms with Gasteiger partial charge in [-0.3, -0.25) is 9.67 Å². The number of halogens is 2. The maximum absolute atomic E-state index is 5.90. The van der Waals surface area contributed by atoms with Crippen molar-refractivity contribution in [2.75, 3.05) is 14.1 Å². The molecular weight excluding hydrogens is 413 g/mol. The van der Waals surface area contributed by atoms with E-state index in [2.05, 4.69) is 20.3 Å². The number of guanidine groups is 1. The highest BCUT2D eigenvalue weighted by atomic mass is 127. The molecule has 0 aliphatic heterocycles. The molecule has 2 rings (SSSR count). The fourth-order valence-corrected chi connectivity index (χ4v) is 2.19. The van der Waals surface area contributed by atoms with Gasteiger partial charge in [0.25, 0.3) is 0 Å². The minimum atomic E-state index is 0. The highest BCUT2D eigenvalue weighted by Crippen LogP contribution is 2.11. The highest BCUT2D eigenvalue weighted by Gasteiger charge is 2.07. The van der Waals surface area contributed by atoms with Crippen molar-refractivity contribution in [1.82, 2.24) is 20.0 Å². The molecule has 0 fully saturated rings. The summed E-state index contributed by atoms with van der Waals surface area (Å²) in [6.07, 6.45) is 3.83. The van der Waals surface area contributed by atoms with Crippen LogP contribution in [0.3, 0.4) is 0 Å². The van der Waals surface area contributed by atoms with Gasteiger partial charge in [0.1, 0.15) is 0 Å². The van der Waals surface area contributed by atoms with Gasteiger partial charge in [-0.1, -0.05) is 23.7 Å². The molecule has 1 heterocycles. The third kappa shape index (κ3) is 5.49. The lowest BCUT2D eigenvalue weighted by molar-refractivity contribution is 0.476. The van der Waals surface area contributed by atoms with E-state index in [4.69, 9.17) is 11.6 Å². The van der Waals surface area contributed by atoms with Crippen LogP contribution < -0.4 is 5.32 Å². The Morgan fingerprint density at radius 1 is 1.32 bits per heavy atom. The Kier molecular flexibility index (Phi) is 7.67. The minimum absolute atomic E-state index is 0. The van der Waals surface area contributed by atoms with E-state index in [1.807, 2.05) is 50.8 Å². The van der Waals surface area contributed by atoms with Gasteiger partial charge in [-0.05, 0) is 17.7 Å². The van der Waals surface area contributed by atoms with Crippen LogP contribution in [-0.2, 0) is 20.1 Å². The Morgan fingerprint density at radius 2 is 2.00 bits per heavy atom. The Balaban J connectivity index is 0.00000242. The molecule has 2 aromatic rings. The summed E-state index contributed by atoms with van der Waals surface area (Å²) in [4.78, 5) is 6.37. The lowest BCUT2D eigenvalue weighted by atomic mass is 10.2. The van der Waals surface area contributed by atoms with Crippen molar-refractivity contribution in [2.24, 2.45) is 12.0 Å². The summed E-state index contributed by atoms with van der Waals surface area (Å²) < 4.78 is 1.79. The SMILES string of the molecule is CN=C(NCc1cnn(C)c1)N(C)Cc1ccc(Cl)cc1.I. The summed E-state index contributed by atoms with van der Waals surface area (Å²) in [5.74, 6) is 0.841. The van der Waals surface area contributed by atoms with Crippen LogP contribution >= 0.6 is 35.6 Å². The van der Waals surface area contributed by atoms with Crippen molar-refractivity contribution in [3.05, 3.63) is 52.8 Å². The molecule has 0 bridgehead atoms. The largest absolute Gasteiger partial charge is 0.352 e. The second-order valence-corrected chi connectivity index (χ2v) is 5.34. The van der Waals surface area contributed by atoms with Gasteiger partial charge in [0, 0.05) is 51.0 Å². The van der Waals surface area contributed by atoms with Gasteiger partial charge in [-0.2, -0.15) is 5.10 Å². The summed E-state index contributed by atoms with van der Waals surface area (Å²) >= 11 is 5.90. The number of aromatic nitrogens is 2. The zero-order chi connectivity index (χ0) is 15.2. The molecule has 0 unspecified atom stereocenters. The summed E-state index contributed by atoms with van der Waals surface area (Å²) in [6.45, 7) is 1.47. The number of hydrogen-bond acceptors (Lipinski definition) is 2. The maximum Gasteiger partial charge on any atom is 0.193 e.